The average Bonchev–Trinajstić information content (AvgIpc) is 2.70. The summed E-state index contributed by atoms with van der Waals surface area (Å²) in [7, 11) is 0. The van der Waals surface area contributed by atoms with Gasteiger partial charge < -0.3 is 10.1 Å². The van der Waals surface area contributed by atoms with Gasteiger partial charge in [0.2, 0.25) is 0 Å². The molecule has 2 rings (SSSR count). The zero-order valence-electron chi connectivity index (χ0n) is 9.16. The standard InChI is InChI=1S/C12H16N2O/c1-9-4-3-5-11(8-9)15-10(2)12-13-6-7-14-12/h3-5,8,10H,6-7H2,1-2H3,(H,13,14). The van der Waals surface area contributed by atoms with E-state index in [0.717, 1.165) is 24.7 Å². The van der Waals surface area contributed by atoms with Crippen molar-refractivity contribution in [1.29, 1.82) is 0 Å². The van der Waals surface area contributed by atoms with Crippen LogP contribution in [0, 0.1) is 6.92 Å². The first kappa shape index (κ1) is 10.0. The van der Waals surface area contributed by atoms with E-state index in [1.54, 1.807) is 0 Å². The van der Waals surface area contributed by atoms with Gasteiger partial charge in [0.1, 0.15) is 11.6 Å². The lowest BCUT2D eigenvalue weighted by Gasteiger charge is -2.15. The predicted octanol–water partition coefficient (Wildman–Crippen LogP) is 1.76. The molecule has 1 unspecified atom stereocenters. The Labute approximate surface area is 90.2 Å². The van der Waals surface area contributed by atoms with Crippen LogP contribution in [0.3, 0.4) is 0 Å². The zero-order valence-corrected chi connectivity index (χ0v) is 9.16. The van der Waals surface area contributed by atoms with Crippen LogP contribution in [0.5, 0.6) is 5.75 Å². The van der Waals surface area contributed by atoms with E-state index in [4.69, 9.17) is 4.74 Å². The molecule has 1 heterocycles. The Hall–Kier alpha value is -1.51. The molecule has 1 atom stereocenters. The van der Waals surface area contributed by atoms with E-state index in [9.17, 15) is 0 Å². The quantitative estimate of drug-likeness (QED) is 0.814. The number of benzene rings is 1. The van der Waals surface area contributed by atoms with Crippen LogP contribution >= 0.6 is 0 Å². The number of nitrogens with one attached hydrogen (secondary N) is 1. The first-order valence-electron chi connectivity index (χ1n) is 5.27. The molecule has 0 saturated heterocycles. The molecule has 0 fully saturated rings. The largest absolute Gasteiger partial charge is 0.483 e. The SMILES string of the molecule is Cc1cccc(OC(C)C2=NCCN2)c1. The molecule has 15 heavy (non-hydrogen) atoms. The van der Waals surface area contributed by atoms with Crippen molar-refractivity contribution in [2.45, 2.75) is 20.0 Å². The van der Waals surface area contributed by atoms with Gasteiger partial charge in [0.05, 0.1) is 6.54 Å². The molecule has 0 saturated carbocycles. The van der Waals surface area contributed by atoms with Crippen LogP contribution in [0.1, 0.15) is 12.5 Å². The molecule has 3 nitrogen and oxygen atoms in total. The van der Waals surface area contributed by atoms with Crippen molar-refractivity contribution in [3.8, 4) is 5.75 Å². The molecule has 0 aromatic heterocycles. The lowest BCUT2D eigenvalue weighted by atomic mass is 10.2. The van der Waals surface area contributed by atoms with Gasteiger partial charge in [-0.2, -0.15) is 0 Å². The minimum absolute atomic E-state index is 0.00861. The predicted molar refractivity (Wildman–Crippen MR) is 61.6 cm³/mol. The van der Waals surface area contributed by atoms with Crippen molar-refractivity contribution in [2.24, 2.45) is 4.99 Å². The first-order valence-corrected chi connectivity index (χ1v) is 5.27. The van der Waals surface area contributed by atoms with Crippen molar-refractivity contribution in [1.82, 2.24) is 5.32 Å². The van der Waals surface area contributed by atoms with E-state index in [0.29, 0.717) is 0 Å². The Morgan fingerprint density at radius 1 is 1.47 bits per heavy atom. The number of aliphatic imine (C=N–C) groups is 1. The van der Waals surface area contributed by atoms with E-state index >= 15 is 0 Å². The lowest BCUT2D eigenvalue weighted by Crippen LogP contribution is -2.33. The highest BCUT2D eigenvalue weighted by Gasteiger charge is 2.14. The summed E-state index contributed by atoms with van der Waals surface area (Å²) in [5.41, 5.74) is 1.21. The van der Waals surface area contributed by atoms with Gasteiger partial charge in [0, 0.05) is 6.54 Å². The van der Waals surface area contributed by atoms with E-state index in [1.165, 1.54) is 5.56 Å². The third-order valence-electron chi connectivity index (χ3n) is 2.39. The van der Waals surface area contributed by atoms with Crippen LogP contribution in [0.2, 0.25) is 0 Å². The fourth-order valence-corrected chi connectivity index (χ4v) is 1.64. The molecule has 1 N–H and O–H groups in total. The fourth-order valence-electron chi connectivity index (χ4n) is 1.64. The van der Waals surface area contributed by atoms with E-state index in [-0.39, 0.29) is 6.10 Å². The summed E-state index contributed by atoms with van der Waals surface area (Å²) in [5, 5.41) is 3.22. The van der Waals surface area contributed by atoms with Crippen molar-refractivity contribution >= 4 is 5.84 Å². The minimum atomic E-state index is 0.00861. The zero-order chi connectivity index (χ0) is 10.7. The Kier molecular flexibility index (Phi) is 2.90. The second-order valence-corrected chi connectivity index (χ2v) is 3.77. The molecule has 1 aromatic rings. The molecule has 1 aliphatic heterocycles. The Morgan fingerprint density at radius 3 is 3.00 bits per heavy atom. The molecular formula is C12H16N2O. The van der Waals surface area contributed by atoms with Gasteiger partial charge in [-0.1, -0.05) is 12.1 Å². The first-order chi connectivity index (χ1) is 7.25. The molecule has 0 bridgehead atoms. The number of rotatable bonds is 3. The summed E-state index contributed by atoms with van der Waals surface area (Å²) in [5.74, 6) is 1.86. The third-order valence-corrected chi connectivity index (χ3v) is 2.39. The number of aryl methyl sites for hydroxylation is 1. The summed E-state index contributed by atoms with van der Waals surface area (Å²) >= 11 is 0. The van der Waals surface area contributed by atoms with Crippen LogP contribution in [-0.4, -0.2) is 25.0 Å². The van der Waals surface area contributed by atoms with Gasteiger partial charge in [-0.05, 0) is 31.5 Å². The smallest absolute Gasteiger partial charge is 0.152 e. The normalized spacial score (nSPS) is 16.8. The second kappa shape index (κ2) is 4.34. The van der Waals surface area contributed by atoms with Crippen LogP contribution in [0.15, 0.2) is 29.3 Å². The summed E-state index contributed by atoms with van der Waals surface area (Å²) in [4.78, 5) is 4.33. The van der Waals surface area contributed by atoms with Crippen LogP contribution in [-0.2, 0) is 0 Å². The van der Waals surface area contributed by atoms with Gasteiger partial charge >= 0.3 is 0 Å². The van der Waals surface area contributed by atoms with Crippen molar-refractivity contribution in [3.05, 3.63) is 29.8 Å². The lowest BCUT2D eigenvalue weighted by molar-refractivity contribution is 0.283. The second-order valence-electron chi connectivity index (χ2n) is 3.77. The topological polar surface area (TPSA) is 33.6 Å². The van der Waals surface area contributed by atoms with E-state index in [1.807, 2.05) is 25.1 Å². The van der Waals surface area contributed by atoms with Crippen LogP contribution < -0.4 is 10.1 Å². The van der Waals surface area contributed by atoms with Crippen molar-refractivity contribution in [2.75, 3.05) is 13.1 Å². The number of amidine groups is 1. The maximum absolute atomic E-state index is 5.79. The maximum Gasteiger partial charge on any atom is 0.152 e. The van der Waals surface area contributed by atoms with Gasteiger partial charge in [-0.15, -0.1) is 0 Å². The van der Waals surface area contributed by atoms with Crippen LogP contribution in [0.25, 0.3) is 0 Å². The molecule has 0 amide bonds. The summed E-state index contributed by atoms with van der Waals surface area (Å²) < 4.78 is 5.79. The van der Waals surface area contributed by atoms with Crippen molar-refractivity contribution < 1.29 is 4.74 Å². The number of hydrogen-bond acceptors (Lipinski definition) is 3. The summed E-state index contributed by atoms with van der Waals surface area (Å²) in [6.45, 7) is 5.86. The molecule has 1 aliphatic rings. The highest BCUT2D eigenvalue weighted by Crippen LogP contribution is 2.14. The minimum Gasteiger partial charge on any atom is -0.483 e. The number of nitrogens with zero attached hydrogens (tertiary/aromatic N) is 1. The van der Waals surface area contributed by atoms with Gasteiger partial charge in [0.25, 0.3) is 0 Å². The molecule has 0 aliphatic carbocycles. The van der Waals surface area contributed by atoms with Crippen LogP contribution in [0.4, 0.5) is 0 Å². The molecule has 80 valence electrons. The Morgan fingerprint density at radius 2 is 2.33 bits per heavy atom. The molecule has 0 radical (unpaired) electrons. The highest BCUT2D eigenvalue weighted by atomic mass is 16.5. The third kappa shape index (κ3) is 2.49. The van der Waals surface area contributed by atoms with Gasteiger partial charge in [0.15, 0.2) is 6.10 Å². The molecule has 0 spiro atoms. The Bertz CT molecular complexity index is 374. The van der Waals surface area contributed by atoms with E-state index < -0.39 is 0 Å². The fraction of sp³-hybridized carbons (Fsp3) is 0.417. The summed E-state index contributed by atoms with van der Waals surface area (Å²) in [6.07, 6.45) is 0.00861. The maximum atomic E-state index is 5.79. The number of ether oxygens (including phenoxy) is 1. The molecule has 1 aromatic carbocycles. The highest BCUT2D eigenvalue weighted by molar-refractivity contribution is 5.87. The monoisotopic (exact) mass is 204 g/mol. The molecule has 3 heteroatoms. The van der Waals surface area contributed by atoms with Crippen molar-refractivity contribution in [3.63, 3.8) is 0 Å². The van der Waals surface area contributed by atoms with E-state index in [2.05, 4.69) is 23.3 Å². The van der Waals surface area contributed by atoms with Gasteiger partial charge in [-0.25, -0.2) is 0 Å². The van der Waals surface area contributed by atoms with Gasteiger partial charge in [-0.3, -0.25) is 4.99 Å². The average molecular weight is 204 g/mol. The Balaban J connectivity index is 2.02. The number of hydrogen-bond donors (Lipinski definition) is 1. The molecular weight excluding hydrogens is 188 g/mol. The summed E-state index contributed by atoms with van der Waals surface area (Å²) in [6, 6.07) is 8.06.